The SMILES string of the molecule is CC/C=C\C/C=C\C/C=C\C/C=C\CCCCCCCCCCCCCCCCCCC(=O)OCC(COC(=O)CCCCCCC/C=C\CCCCCC)OC(=O)CCCCCCCCCCCCCCCC. The fraction of sp³-hybridized carbons (Fsp3) is 0.809. The topological polar surface area (TPSA) is 78.9 Å². The summed E-state index contributed by atoms with van der Waals surface area (Å²) in [4.78, 5) is 38.2. The lowest BCUT2D eigenvalue weighted by molar-refractivity contribution is -0.167. The van der Waals surface area contributed by atoms with E-state index in [1.54, 1.807) is 0 Å². The molecule has 0 heterocycles. The molecular formula is C68H122O6. The van der Waals surface area contributed by atoms with E-state index in [1.807, 2.05) is 0 Å². The summed E-state index contributed by atoms with van der Waals surface area (Å²) >= 11 is 0. The molecule has 0 aromatic carbocycles. The van der Waals surface area contributed by atoms with Crippen LogP contribution in [0.5, 0.6) is 0 Å². The molecule has 0 aromatic rings. The number of hydrogen-bond donors (Lipinski definition) is 0. The fourth-order valence-corrected chi connectivity index (χ4v) is 9.43. The molecule has 0 saturated carbocycles. The Morgan fingerprint density at radius 1 is 0.284 bits per heavy atom. The summed E-state index contributed by atoms with van der Waals surface area (Å²) in [5.41, 5.74) is 0. The van der Waals surface area contributed by atoms with E-state index in [0.29, 0.717) is 19.3 Å². The molecule has 6 nitrogen and oxygen atoms in total. The van der Waals surface area contributed by atoms with Crippen LogP contribution in [-0.4, -0.2) is 37.2 Å². The van der Waals surface area contributed by atoms with Gasteiger partial charge in [0.05, 0.1) is 0 Å². The molecule has 0 aromatic heterocycles. The first-order valence-electron chi connectivity index (χ1n) is 32.3. The summed E-state index contributed by atoms with van der Waals surface area (Å²) in [6.07, 6.45) is 79.5. The van der Waals surface area contributed by atoms with Crippen LogP contribution in [0.15, 0.2) is 60.8 Å². The van der Waals surface area contributed by atoms with Crippen LogP contribution in [0, 0.1) is 0 Å². The third-order valence-electron chi connectivity index (χ3n) is 14.3. The minimum absolute atomic E-state index is 0.0719. The smallest absolute Gasteiger partial charge is 0.306 e. The number of hydrogen-bond acceptors (Lipinski definition) is 6. The number of allylic oxidation sites excluding steroid dienone is 10. The Balaban J connectivity index is 4.17. The average molecular weight is 1040 g/mol. The molecule has 74 heavy (non-hydrogen) atoms. The van der Waals surface area contributed by atoms with E-state index in [-0.39, 0.29) is 31.1 Å². The molecule has 1 atom stereocenters. The highest BCUT2D eigenvalue weighted by Crippen LogP contribution is 2.17. The number of unbranched alkanes of at least 4 members (excludes halogenated alkanes) is 38. The second-order valence-corrected chi connectivity index (χ2v) is 21.6. The molecular weight excluding hydrogens is 913 g/mol. The van der Waals surface area contributed by atoms with Crippen molar-refractivity contribution < 1.29 is 28.6 Å². The zero-order chi connectivity index (χ0) is 53.6. The molecule has 0 rings (SSSR count). The monoisotopic (exact) mass is 1030 g/mol. The van der Waals surface area contributed by atoms with Gasteiger partial charge in [0, 0.05) is 19.3 Å². The van der Waals surface area contributed by atoms with Gasteiger partial charge in [-0.25, -0.2) is 0 Å². The lowest BCUT2D eigenvalue weighted by Crippen LogP contribution is -2.30. The highest BCUT2D eigenvalue weighted by molar-refractivity contribution is 5.71. The number of ether oxygens (including phenoxy) is 3. The molecule has 0 bridgehead atoms. The Bertz CT molecular complexity index is 1330. The van der Waals surface area contributed by atoms with Gasteiger partial charge in [-0.3, -0.25) is 14.4 Å². The van der Waals surface area contributed by atoms with Crippen molar-refractivity contribution in [2.24, 2.45) is 0 Å². The van der Waals surface area contributed by atoms with Crippen LogP contribution in [0.4, 0.5) is 0 Å². The normalized spacial score (nSPS) is 12.4. The van der Waals surface area contributed by atoms with Crippen LogP contribution in [-0.2, 0) is 28.6 Å². The van der Waals surface area contributed by atoms with Gasteiger partial charge in [0.25, 0.3) is 0 Å². The second kappa shape index (κ2) is 62.6. The van der Waals surface area contributed by atoms with Crippen LogP contribution < -0.4 is 0 Å². The van der Waals surface area contributed by atoms with Gasteiger partial charge < -0.3 is 14.2 Å². The van der Waals surface area contributed by atoms with Gasteiger partial charge in [-0.1, -0.05) is 293 Å². The molecule has 0 aliphatic heterocycles. The van der Waals surface area contributed by atoms with Crippen molar-refractivity contribution in [2.75, 3.05) is 13.2 Å². The zero-order valence-corrected chi connectivity index (χ0v) is 49.4. The van der Waals surface area contributed by atoms with Gasteiger partial charge in [0.1, 0.15) is 13.2 Å². The summed E-state index contributed by atoms with van der Waals surface area (Å²) in [6.45, 7) is 6.55. The first kappa shape index (κ1) is 71.1. The van der Waals surface area contributed by atoms with E-state index in [0.717, 1.165) is 89.9 Å². The standard InChI is InChI=1S/C68H122O6/c1-4-7-10-13-16-19-22-25-27-28-29-30-31-32-33-34-35-36-37-38-39-40-41-44-46-49-52-55-58-61-67(70)73-64-65(63-72-66(69)60-57-54-51-48-45-42-24-21-18-15-12-9-6-3)74-68(71)62-59-56-53-50-47-43-26-23-20-17-14-11-8-5-2/h7,10,16,19,21,24-25,27,29-30,65H,4-6,8-9,11-15,17-18,20,22-23,26,28,31-64H2,1-3H3/b10-7-,19-16-,24-21-,27-25-,30-29-. The summed E-state index contributed by atoms with van der Waals surface area (Å²) in [5.74, 6) is -0.862. The van der Waals surface area contributed by atoms with Crippen molar-refractivity contribution in [3.63, 3.8) is 0 Å². The van der Waals surface area contributed by atoms with Crippen molar-refractivity contribution in [1.29, 1.82) is 0 Å². The lowest BCUT2D eigenvalue weighted by atomic mass is 10.0. The maximum Gasteiger partial charge on any atom is 0.306 e. The minimum atomic E-state index is -0.774. The van der Waals surface area contributed by atoms with Gasteiger partial charge in [0.15, 0.2) is 6.10 Å². The maximum absolute atomic E-state index is 12.9. The van der Waals surface area contributed by atoms with Crippen LogP contribution in [0.25, 0.3) is 0 Å². The molecule has 0 amide bonds. The van der Waals surface area contributed by atoms with Gasteiger partial charge >= 0.3 is 17.9 Å². The Hall–Kier alpha value is -2.89. The van der Waals surface area contributed by atoms with E-state index in [2.05, 4.69) is 81.5 Å². The fourth-order valence-electron chi connectivity index (χ4n) is 9.43. The van der Waals surface area contributed by atoms with Crippen molar-refractivity contribution in [1.82, 2.24) is 0 Å². The zero-order valence-electron chi connectivity index (χ0n) is 49.4. The number of rotatable bonds is 59. The van der Waals surface area contributed by atoms with E-state index >= 15 is 0 Å². The summed E-state index contributed by atoms with van der Waals surface area (Å²) in [5, 5.41) is 0. The van der Waals surface area contributed by atoms with Crippen LogP contribution in [0.3, 0.4) is 0 Å². The van der Waals surface area contributed by atoms with Gasteiger partial charge in [-0.2, -0.15) is 0 Å². The predicted octanol–water partition coefficient (Wildman–Crippen LogP) is 21.9. The van der Waals surface area contributed by atoms with Gasteiger partial charge in [-0.05, 0) is 83.5 Å². The molecule has 0 saturated heterocycles. The average Bonchev–Trinajstić information content (AvgIpc) is 3.40. The predicted molar refractivity (Wildman–Crippen MR) is 321 cm³/mol. The van der Waals surface area contributed by atoms with E-state index < -0.39 is 6.10 Å². The second-order valence-electron chi connectivity index (χ2n) is 21.6. The van der Waals surface area contributed by atoms with Crippen LogP contribution >= 0.6 is 0 Å². The molecule has 0 N–H and O–H groups in total. The largest absolute Gasteiger partial charge is 0.462 e. The molecule has 6 heteroatoms. The summed E-state index contributed by atoms with van der Waals surface area (Å²) in [6, 6.07) is 0. The number of esters is 3. The molecule has 1 unspecified atom stereocenters. The number of carbonyl (C=O) groups excluding carboxylic acids is 3. The highest BCUT2D eigenvalue weighted by atomic mass is 16.6. The van der Waals surface area contributed by atoms with Crippen LogP contribution in [0.2, 0.25) is 0 Å². The third kappa shape index (κ3) is 60.0. The van der Waals surface area contributed by atoms with Gasteiger partial charge in [-0.15, -0.1) is 0 Å². The summed E-state index contributed by atoms with van der Waals surface area (Å²) in [7, 11) is 0. The van der Waals surface area contributed by atoms with Crippen molar-refractivity contribution in [3.8, 4) is 0 Å². The molecule has 0 spiro atoms. The first-order valence-corrected chi connectivity index (χ1v) is 32.3. The van der Waals surface area contributed by atoms with E-state index in [9.17, 15) is 14.4 Å². The van der Waals surface area contributed by atoms with E-state index in [4.69, 9.17) is 14.2 Å². The molecule has 0 aliphatic rings. The Morgan fingerprint density at radius 2 is 0.527 bits per heavy atom. The van der Waals surface area contributed by atoms with E-state index in [1.165, 1.54) is 205 Å². The number of carbonyl (C=O) groups is 3. The molecule has 0 fully saturated rings. The lowest BCUT2D eigenvalue weighted by Gasteiger charge is -2.18. The molecule has 430 valence electrons. The molecule has 0 radical (unpaired) electrons. The first-order chi connectivity index (χ1) is 36.5. The maximum atomic E-state index is 12.9. The van der Waals surface area contributed by atoms with Crippen molar-refractivity contribution in [3.05, 3.63) is 60.8 Å². The van der Waals surface area contributed by atoms with Crippen LogP contribution in [0.1, 0.15) is 335 Å². The van der Waals surface area contributed by atoms with Crippen molar-refractivity contribution in [2.45, 2.75) is 341 Å². The summed E-state index contributed by atoms with van der Waals surface area (Å²) < 4.78 is 16.9. The molecule has 0 aliphatic carbocycles. The van der Waals surface area contributed by atoms with Crippen molar-refractivity contribution >= 4 is 17.9 Å². The third-order valence-corrected chi connectivity index (χ3v) is 14.3. The Morgan fingerprint density at radius 3 is 0.851 bits per heavy atom. The minimum Gasteiger partial charge on any atom is -0.462 e. The Labute approximate surface area is 460 Å². The highest BCUT2D eigenvalue weighted by Gasteiger charge is 2.19. The quantitative estimate of drug-likeness (QED) is 0.0261. The van der Waals surface area contributed by atoms with Gasteiger partial charge in [0.2, 0.25) is 0 Å². The Kier molecular flexibility index (Phi) is 60.2.